The van der Waals surface area contributed by atoms with E-state index in [0.717, 1.165) is 5.56 Å². The molecule has 0 saturated carbocycles. The van der Waals surface area contributed by atoms with Gasteiger partial charge in [-0.1, -0.05) is 48.5 Å². The van der Waals surface area contributed by atoms with Gasteiger partial charge in [0.05, 0.1) is 44.7 Å². The van der Waals surface area contributed by atoms with Gasteiger partial charge in [0.25, 0.3) is 0 Å². The molecule has 12 nitrogen and oxygen atoms in total. The van der Waals surface area contributed by atoms with Crippen molar-refractivity contribution in [2.75, 3.05) is 26.9 Å². The highest BCUT2D eigenvalue weighted by Gasteiger charge is 2.62. The van der Waals surface area contributed by atoms with Gasteiger partial charge in [-0.05, 0) is 55.8 Å². The zero-order chi connectivity index (χ0) is 34.0. The maximum atomic E-state index is 13.4. The highest BCUT2D eigenvalue weighted by Crippen LogP contribution is 2.42. The fourth-order valence-electron chi connectivity index (χ4n) is 5.54. The predicted octanol–water partition coefficient (Wildman–Crippen LogP) is 4.08. The molecule has 12 heteroatoms. The van der Waals surface area contributed by atoms with Crippen LogP contribution >= 0.6 is 0 Å². The molecular formula is C36H37NO11. The Morgan fingerprint density at radius 2 is 1.29 bits per heavy atom. The van der Waals surface area contributed by atoms with E-state index in [-0.39, 0.29) is 37.6 Å². The second-order valence-corrected chi connectivity index (χ2v) is 10.8. The molecule has 5 rings (SSSR count). The molecule has 5 atom stereocenters. The van der Waals surface area contributed by atoms with E-state index in [1.165, 1.54) is 11.1 Å². The number of hydrogen-bond donors (Lipinski definition) is 0. The first-order valence-electron chi connectivity index (χ1n) is 15.6. The van der Waals surface area contributed by atoms with Crippen LogP contribution in [-0.4, -0.2) is 86.3 Å². The molecule has 2 aliphatic rings. The fourth-order valence-corrected chi connectivity index (χ4v) is 5.54. The fraction of sp³-hybridized carbons (Fsp3) is 0.333. The van der Waals surface area contributed by atoms with Crippen molar-refractivity contribution in [2.45, 2.75) is 51.0 Å². The zero-order valence-electron chi connectivity index (χ0n) is 26.8. The highest BCUT2D eigenvalue weighted by molar-refractivity contribution is 6.14. The summed E-state index contributed by atoms with van der Waals surface area (Å²) in [4.78, 5) is 54.2. The third kappa shape index (κ3) is 7.84. The molecule has 0 N–H and O–H groups in total. The van der Waals surface area contributed by atoms with E-state index in [2.05, 4.69) is 0 Å². The Hall–Kier alpha value is -5.20. The van der Waals surface area contributed by atoms with Crippen molar-refractivity contribution in [1.82, 2.24) is 4.90 Å². The summed E-state index contributed by atoms with van der Waals surface area (Å²) in [7, 11) is 1.58. The van der Waals surface area contributed by atoms with E-state index >= 15 is 0 Å². The van der Waals surface area contributed by atoms with Crippen LogP contribution < -0.4 is 4.74 Å². The molecule has 2 heterocycles. The smallest absolute Gasteiger partial charge is 0.347 e. The lowest BCUT2D eigenvalue weighted by molar-refractivity contribution is -0.147. The van der Waals surface area contributed by atoms with E-state index in [1.807, 2.05) is 24.3 Å². The summed E-state index contributed by atoms with van der Waals surface area (Å²) in [5, 5.41) is 0. The summed E-state index contributed by atoms with van der Waals surface area (Å²) in [6, 6.07) is 23.2. The Morgan fingerprint density at radius 3 is 1.81 bits per heavy atom. The monoisotopic (exact) mass is 659 g/mol. The van der Waals surface area contributed by atoms with Crippen molar-refractivity contribution in [3.63, 3.8) is 0 Å². The van der Waals surface area contributed by atoms with Gasteiger partial charge in [0.2, 0.25) is 0 Å². The Balaban J connectivity index is 1.49. The quantitative estimate of drug-likeness (QED) is 0.0811. The number of nitrogens with zero attached hydrogens (tertiary/aromatic N) is 1. The van der Waals surface area contributed by atoms with E-state index in [0.29, 0.717) is 5.75 Å². The lowest BCUT2D eigenvalue weighted by atomic mass is 10.0. The zero-order valence-corrected chi connectivity index (χ0v) is 26.8. The van der Waals surface area contributed by atoms with Crippen molar-refractivity contribution in [3.8, 4) is 5.75 Å². The van der Waals surface area contributed by atoms with E-state index < -0.39 is 60.0 Å². The number of fused-ring (bicyclic) bond motifs is 2. The first-order valence-corrected chi connectivity index (χ1v) is 15.6. The summed E-state index contributed by atoms with van der Waals surface area (Å²) in [6.45, 7) is 3.50. The Kier molecular flexibility index (Phi) is 11.4. The number of carbonyl (C=O) groups is 4. The minimum Gasteiger partial charge on any atom is -0.497 e. The summed E-state index contributed by atoms with van der Waals surface area (Å²) >= 11 is 0. The molecule has 2 fully saturated rings. The van der Waals surface area contributed by atoms with Gasteiger partial charge in [-0.15, -0.1) is 0 Å². The van der Waals surface area contributed by atoms with Crippen LogP contribution in [0.1, 0.15) is 40.1 Å². The highest BCUT2D eigenvalue weighted by atomic mass is 16.6. The van der Waals surface area contributed by atoms with Crippen LogP contribution in [0.2, 0.25) is 0 Å². The lowest BCUT2D eigenvalue weighted by Crippen LogP contribution is -2.51. The summed E-state index contributed by atoms with van der Waals surface area (Å²) < 4.78 is 39.9. The molecular weight excluding hydrogens is 622 g/mol. The van der Waals surface area contributed by atoms with Crippen LogP contribution in [0.25, 0.3) is 0 Å². The molecule has 0 radical (unpaired) electrons. The lowest BCUT2D eigenvalue weighted by Gasteiger charge is -2.32. The van der Waals surface area contributed by atoms with Crippen molar-refractivity contribution in [3.05, 3.63) is 113 Å². The number of esters is 4. The molecule has 3 aromatic rings. The minimum absolute atomic E-state index is 0.00931. The van der Waals surface area contributed by atoms with Crippen LogP contribution in [0.15, 0.2) is 96.7 Å². The van der Waals surface area contributed by atoms with Crippen molar-refractivity contribution < 1.29 is 52.3 Å². The normalized spacial score (nSPS) is 20.8. The second kappa shape index (κ2) is 16.1. The van der Waals surface area contributed by atoms with Gasteiger partial charge in [-0.25, -0.2) is 19.2 Å². The van der Waals surface area contributed by atoms with Gasteiger partial charge in [0, 0.05) is 6.20 Å². The molecule has 48 heavy (non-hydrogen) atoms. The molecule has 0 spiro atoms. The second-order valence-electron chi connectivity index (χ2n) is 10.8. The maximum absolute atomic E-state index is 13.4. The largest absolute Gasteiger partial charge is 0.497 e. The predicted molar refractivity (Wildman–Crippen MR) is 170 cm³/mol. The summed E-state index contributed by atoms with van der Waals surface area (Å²) in [6.07, 6.45) is -2.81. The van der Waals surface area contributed by atoms with Gasteiger partial charge in [0.15, 0.2) is 24.0 Å². The Labute approximate surface area is 278 Å². The number of rotatable bonds is 14. The van der Waals surface area contributed by atoms with Gasteiger partial charge in [-0.3, -0.25) is 0 Å². The average molecular weight is 660 g/mol. The van der Waals surface area contributed by atoms with Crippen LogP contribution in [0.3, 0.4) is 0 Å². The first kappa shape index (κ1) is 34.1. The topological polar surface area (TPSA) is 136 Å². The Morgan fingerprint density at radius 1 is 0.750 bits per heavy atom. The van der Waals surface area contributed by atoms with Crippen LogP contribution in [0, 0.1) is 0 Å². The first-order chi connectivity index (χ1) is 23.3. The summed E-state index contributed by atoms with van der Waals surface area (Å²) in [5.41, 5.74) is 1.03. The number of carbonyl (C=O) groups excluding carboxylic acids is 4. The molecule has 2 saturated heterocycles. The van der Waals surface area contributed by atoms with E-state index in [4.69, 9.17) is 33.2 Å². The van der Waals surface area contributed by atoms with Crippen LogP contribution in [0.4, 0.5) is 0 Å². The number of methoxy groups -OCH3 is 1. The number of ether oxygens (including phenoxy) is 7. The van der Waals surface area contributed by atoms with Gasteiger partial charge >= 0.3 is 23.9 Å². The van der Waals surface area contributed by atoms with E-state index in [9.17, 15) is 19.2 Å². The summed E-state index contributed by atoms with van der Waals surface area (Å²) in [5.74, 6) is -2.46. The molecule has 0 aromatic heterocycles. The molecule has 0 amide bonds. The molecule has 0 aliphatic carbocycles. The standard InChI is InChI=1S/C36H37NO11/c1-4-44-35(40)27(36(41)45-5-2)20-37-29-28(22-43-21-23-16-18-26(42-3)19-17-23)46-32(37)31(48-34(39)25-14-10-7-11-15-25)30(29)47-33(38)24-12-8-6-9-13-24/h6-20,28-32H,4-5,21-22H2,1-3H3/t28-,29+,30+,31-,32-/m1/s1. The average Bonchev–Trinajstić information content (AvgIpc) is 3.59. The van der Waals surface area contributed by atoms with Gasteiger partial charge < -0.3 is 38.1 Å². The molecule has 0 unspecified atom stereocenters. The Bertz CT molecular complexity index is 1570. The third-order valence-corrected chi connectivity index (χ3v) is 7.76. The molecule has 252 valence electrons. The van der Waals surface area contributed by atoms with E-state index in [1.54, 1.807) is 81.6 Å². The van der Waals surface area contributed by atoms with Crippen molar-refractivity contribution >= 4 is 23.9 Å². The molecule has 2 aliphatic heterocycles. The van der Waals surface area contributed by atoms with Crippen molar-refractivity contribution in [2.24, 2.45) is 0 Å². The van der Waals surface area contributed by atoms with Gasteiger partial charge in [-0.2, -0.15) is 0 Å². The van der Waals surface area contributed by atoms with Crippen LogP contribution in [0.5, 0.6) is 5.75 Å². The third-order valence-electron chi connectivity index (χ3n) is 7.76. The van der Waals surface area contributed by atoms with Gasteiger partial charge in [0.1, 0.15) is 17.9 Å². The number of hydrogen-bond acceptors (Lipinski definition) is 12. The minimum atomic E-state index is -1.16. The molecule has 2 bridgehead atoms. The maximum Gasteiger partial charge on any atom is 0.347 e. The van der Waals surface area contributed by atoms with Crippen molar-refractivity contribution in [1.29, 1.82) is 0 Å². The SMILES string of the molecule is CCOC(=O)C(=CN1[C@@H]2[C@H](OC(=O)c3ccccc3)[C@@H](OC(=O)c3ccccc3)[C@H]1O[C@@H]2COCc1ccc(OC)cc1)C(=O)OCC. The van der Waals surface area contributed by atoms with Crippen LogP contribution in [-0.2, 0) is 44.6 Å². The number of benzene rings is 3. The molecule has 3 aromatic carbocycles.